The van der Waals surface area contributed by atoms with Crippen LogP contribution in [-0.2, 0) is 0 Å². The molecule has 40 heavy (non-hydrogen) atoms. The highest BCUT2D eigenvalue weighted by molar-refractivity contribution is 5.95. The topological polar surface area (TPSA) is 78.7 Å². The molecule has 3 aromatic rings. The smallest absolute Gasteiger partial charge is 0.346 e. The second-order valence-electron chi connectivity index (χ2n) is 10.3. The molecule has 11 heteroatoms. The van der Waals surface area contributed by atoms with Crippen molar-refractivity contribution in [1.82, 2.24) is 34.9 Å². The first kappa shape index (κ1) is 27.6. The number of amides is 1. The Labute approximate surface area is 230 Å². The van der Waals surface area contributed by atoms with Gasteiger partial charge in [0, 0.05) is 43.9 Å². The summed E-state index contributed by atoms with van der Waals surface area (Å²) in [5, 5.41) is 15.3. The van der Waals surface area contributed by atoms with E-state index < -0.39 is 23.7 Å². The Morgan fingerprint density at radius 2 is 1.85 bits per heavy atom. The number of benzene rings is 1. The van der Waals surface area contributed by atoms with Crippen LogP contribution in [0.2, 0.25) is 0 Å². The van der Waals surface area contributed by atoms with Crippen molar-refractivity contribution in [1.29, 1.82) is 0 Å². The molecule has 1 amide bonds. The van der Waals surface area contributed by atoms with Gasteiger partial charge < -0.3 is 10.2 Å². The molecular formula is C29H30F3N7O. The zero-order valence-corrected chi connectivity index (χ0v) is 22.6. The standard InChI is InChI=1S/C29H30F3N7O/c1-19-4-6-22(16-21(19)8-11-27-35-34-26-10-5-20(2)36-39(26)27)28(40)33-24-9-7-23(25(17-24)29(30,31)32)18-38-14-12-37(3)13-15-38/h4-7,10,16-17,24H,9,12-15,18H2,1-3H3,(H,33,40). The summed E-state index contributed by atoms with van der Waals surface area (Å²) in [5.74, 6) is 5.88. The molecule has 0 spiro atoms. The Bertz CT molecular complexity index is 1550. The fraction of sp³-hybridized carbons (Fsp3) is 0.379. The maximum absolute atomic E-state index is 14.0. The molecule has 208 valence electrons. The zero-order chi connectivity index (χ0) is 28.4. The number of piperazine rings is 1. The third-order valence-corrected chi connectivity index (χ3v) is 7.15. The number of hydrogen-bond acceptors (Lipinski definition) is 6. The minimum absolute atomic E-state index is 0.246. The molecule has 0 bridgehead atoms. The number of alkyl halides is 3. The summed E-state index contributed by atoms with van der Waals surface area (Å²) in [7, 11) is 2.01. The van der Waals surface area contributed by atoms with Gasteiger partial charge in [-0.2, -0.15) is 22.8 Å². The average molecular weight is 550 g/mol. The number of halogens is 3. The molecule has 1 aliphatic heterocycles. The zero-order valence-electron chi connectivity index (χ0n) is 22.6. The molecule has 1 fully saturated rings. The van der Waals surface area contributed by atoms with Crippen LogP contribution in [0.5, 0.6) is 0 Å². The van der Waals surface area contributed by atoms with Crippen LogP contribution in [0.15, 0.2) is 53.6 Å². The molecular weight excluding hydrogens is 519 g/mol. The lowest BCUT2D eigenvalue weighted by Crippen LogP contribution is -2.45. The summed E-state index contributed by atoms with van der Waals surface area (Å²) in [6.07, 6.45) is -1.46. The lowest BCUT2D eigenvalue weighted by Gasteiger charge is -2.34. The fourth-order valence-electron chi connectivity index (χ4n) is 4.76. The van der Waals surface area contributed by atoms with Gasteiger partial charge in [0.1, 0.15) is 0 Å². The van der Waals surface area contributed by atoms with E-state index in [2.05, 4.69) is 37.4 Å². The van der Waals surface area contributed by atoms with Crippen molar-refractivity contribution in [3.63, 3.8) is 0 Å². The van der Waals surface area contributed by atoms with Gasteiger partial charge in [-0.25, -0.2) is 0 Å². The van der Waals surface area contributed by atoms with Crippen LogP contribution in [0.1, 0.15) is 39.4 Å². The SMILES string of the molecule is Cc1ccc2nnc(C#Cc3cc(C(=O)NC4C=C(C(F)(F)F)C(CN5CCN(C)CC5)=CC4)ccc3C)n2n1. The van der Waals surface area contributed by atoms with E-state index in [0.717, 1.165) is 43.5 Å². The second-order valence-corrected chi connectivity index (χ2v) is 10.3. The number of carbonyl (C=O) groups excluding carboxylic acids is 1. The first-order valence-corrected chi connectivity index (χ1v) is 13.1. The Balaban J connectivity index is 1.31. The third-order valence-electron chi connectivity index (χ3n) is 7.15. The average Bonchev–Trinajstić information content (AvgIpc) is 3.31. The lowest BCUT2D eigenvalue weighted by molar-refractivity contribution is -0.0905. The highest BCUT2D eigenvalue weighted by Crippen LogP contribution is 2.35. The number of aryl methyl sites for hydroxylation is 2. The number of rotatable bonds is 4. The number of carbonyl (C=O) groups is 1. The summed E-state index contributed by atoms with van der Waals surface area (Å²) < 4.78 is 43.5. The molecule has 8 nitrogen and oxygen atoms in total. The molecule has 1 aromatic carbocycles. The van der Waals surface area contributed by atoms with Crippen molar-refractivity contribution in [2.24, 2.45) is 0 Å². The van der Waals surface area contributed by atoms with Crippen molar-refractivity contribution in [3.8, 4) is 11.8 Å². The maximum Gasteiger partial charge on any atom is 0.416 e. The van der Waals surface area contributed by atoms with Crippen LogP contribution in [0.4, 0.5) is 13.2 Å². The summed E-state index contributed by atoms with van der Waals surface area (Å²) in [6, 6.07) is 7.88. The molecule has 2 aromatic heterocycles. The Morgan fingerprint density at radius 1 is 1.07 bits per heavy atom. The summed E-state index contributed by atoms with van der Waals surface area (Å²) in [4.78, 5) is 17.3. The normalized spacial score (nSPS) is 18.6. The number of aromatic nitrogens is 4. The summed E-state index contributed by atoms with van der Waals surface area (Å²) >= 11 is 0. The van der Waals surface area contributed by atoms with Crippen LogP contribution < -0.4 is 5.32 Å². The fourth-order valence-corrected chi connectivity index (χ4v) is 4.76. The molecule has 3 heterocycles. The molecule has 0 radical (unpaired) electrons. The number of nitrogens with one attached hydrogen (secondary N) is 1. The van der Waals surface area contributed by atoms with E-state index in [0.29, 0.717) is 29.0 Å². The number of likely N-dealkylation sites (N-methyl/N-ethyl adjacent to an activating group) is 1. The molecule has 1 atom stereocenters. The second kappa shape index (κ2) is 11.2. The highest BCUT2D eigenvalue weighted by atomic mass is 19.4. The van der Waals surface area contributed by atoms with Gasteiger partial charge >= 0.3 is 6.18 Å². The summed E-state index contributed by atoms with van der Waals surface area (Å²) in [5.41, 5.74) is 2.70. The highest BCUT2D eigenvalue weighted by Gasteiger charge is 2.38. The Morgan fingerprint density at radius 3 is 2.60 bits per heavy atom. The molecule has 1 N–H and O–H groups in total. The predicted molar refractivity (Wildman–Crippen MR) is 145 cm³/mol. The number of hydrogen-bond donors (Lipinski definition) is 1. The van der Waals surface area contributed by atoms with E-state index in [1.54, 1.807) is 34.9 Å². The van der Waals surface area contributed by atoms with E-state index >= 15 is 0 Å². The van der Waals surface area contributed by atoms with Crippen molar-refractivity contribution < 1.29 is 18.0 Å². The van der Waals surface area contributed by atoms with Crippen LogP contribution >= 0.6 is 0 Å². The first-order chi connectivity index (χ1) is 19.1. The Hall–Kier alpha value is -4.01. The van der Waals surface area contributed by atoms with Crippen LogP contribution in [-0.4, -0.2) is 87.5 Å². The van der Waals surface area contributed by atoms with Crippen molar-refractivity contribution in [2.45, 2.75) is 32.5 Å². The monoisotopic (exact) mass is 549 g/mol. The van der Waals surface area contributed by atoms with Gasteiger partial charge in [-0.05, 0) is 74.7 Å². The van der Waals surface area contributed by atoms with E-state index in [4.69, 9.17) is 0 Å². The summed E-state index contributed by atoms with van der Waals surface area (Å²) in [6.45, 7) is 7.06. The van der Waals surface area contributed by atoms with Gasteiger partial charge in [-0.15, -0.1) is 10.2 Å². The maximum atomic E-state index is 14.0. The van der Waals surface area contributed by atoms with Crippen molar-refractivity contribution in [3.05, 3.63) is 81.8 Å². The molecule has 5 rings (SSSR count). The van der Waals surface area contributed by atoms with Gasteiger partial charge in [-0.1, -0.05) is 18.1 Å². The van der Waals surface area contributed by atoms with E-state index in [-0.39, 0.29) is 12.1 Å². The van der Waals surface area contributed by atoms with Gasteiger partial charge in [-0.3, -0.25) is 9.69 Å². The first-order valence-electron chi connectivity index (χ1n) is 13.1. The van der Waals surface area contributed by atoms with Gasteiger partial charge in [0.2, 0.25) is 5.82 Å². The molecule has 1 aliphatic carbocycles. The quantitative estimate of drug-likeness (QED) is 0.504. The van der Waals surface area contributed by atoms with Gasteiger partial charge in [0.05, 0.1) is 17.3 Å². The molecule has 0 saturated carbocycles. The van der Waals surface area contributed by atoms with E-state index in [9.17, 15) is 18.0 Å². The lowest BCUT2D eigenvalue weighted by atomic mass is 9.93. The number of fused-ring (bicyclic) bond motifs is 1. The van der Waals surface area contributed by atoms with Crippen LogP contribution in [0.3, 0.4) is 0 Å². The minimum Gasteiger partial charge on any atom is -0.346 e. The van der Waals surface area contributed by atoms with Gasteiger partial charge in [0.15, 0.2) is 5.65 Å². The minimum atomic E-state index is -4.51. The van der Waals surface area contributed by atoms with Crippen LogP contribution in [0, 0.1) is 25.7 Å². The molecule has 2 aliphatic rings. The molecule has 1 saturated heterocycles. The van der Waals surface area contributed by atoms with Crippen molar-refractivity contribution in [2.75, 3.05) is 39.8 Å². The third kappa shape index (κ3) is 6.24. The predicted octanol–water partition coefficient (Wildman–Crippen LogP) is 3.31. The van der Waals surface area contributed by atoms with E-state index in [1.165, 1.54) is 0 Å². The van der Waals surface area contributed by atoms with Gasteiger partial charge in [0.25, 0.3) is 5.91 Å². The van der Waals surface area contributed by atoms with E-state index in [1.807, 2.05) is 31.9 Å². The van der Waals surface area contributed by atoms with Crippen LogP contribution in [0.25, 0.3) is 5.65 Å². The Kier molecular flexibility index (Phi) is 7.74. The molecule has 1 unspecified atom stereocenters. The number of nitrogens with zero attached hydrogens (tertiary/aromatic N) is 6. The largest absolute Gasteiger partial charge is 0.416 e. The van der Waals surface area contributed by atoms with Crippen molar-refractivity contribution >= 4 is 11.6 Å².